The third-order valence-corrected chi connectivity index (χ3v) is 6.87. The molecule has 2 aromatic carbocycles. The molecule has 2 aromatic heterocycles. The average Bonchev–Trinajstić information content (AvgIpc) is 3.26. The van der Waals surface area contributed by atoms with Gasteiger partial charge in [-0.2, -0.15) is 0 Å². The topological polar surface area (TPSA) is 63.8 Å². The number of hydrogen-bond donors (Lipinski definition) is 1. The number of carbonyl (C=O) groups is 1. The lowest BCUT2D eigenvalue weighted by molar-refractivity contribution is 0.240. The summed E-state index contributed by atoms with van der Waals surface area (Å²) in [4.78, 5) is 23.4. The number of nitrogens with zero attached hydrogens (tertiary/aromatic N) is 4. The molecule has 0 bridgehead atoms. The molecule has 0 unspecified atom stereocenters. The highest BCUT2D eigenvalue weighted by molar-refractivity contribution is 5.97. The van der Waals surface area contributed by atoms with Crippen LogP contribution in [0.3, 0.4) is 0 Å². The van der Waals surface area contributed by atoms with Crippen LogP contribution in [0.15, 0.2) is 60.8 Å². The van der Waals surface area contributed by atoms with Gasteiger partial charge < -0.3 is 10.1 Å². The van der Waals surface area contributed by atoms with Crippen molar-refractivity contribution in [2.75, 3.05) is 20.2 Å². The molecular weight excluding hydrogens is 481 g/mol. The number of rotatable bonds is 6. The Morgan fingerprint density at radius 2 is 2.11 bits per heavy atom. The van der Waals surface area contributed by atoms with Crippen LogP contribution in [0.5, 0.6) is 5.88 Å². The van der Waals surface area contributed by atoms with Gasteiger partial charge in [0.15, 0.2) is 5.69 Å². The largest absolute Gasteiger partial charge is 0.481 e. The Labute approximate surface area is 221 Å². The average molecular weight is 510 g/mol. The fourth-order valence-corrected chi connectivity index (χ4v) is 4.84. The Balaban J connectivity index is 1.38. The highest BCUT2D eigenvalue weighted by Crippen LogP contribution is 2.33. The number of halogens is 1. The van der Waals surface area contributed by atoms with Crippen LogP contribution in [-0.4, -0.2) is 40.7 Å². The summed E-state index contributed by atoms with van der Waals surface area (Å²) in [5, 5.41) is 3.99. The normalized spacial score (nSPS) is 13.4. The molecule has 0 saturated heterocycles. The minimum Gasteiger partial charge on any atom is -0.481 e. The SMILES string of the molecule is [C-]#[N+]c1ccc2c3c(n(C(=O)NCc4ccnc(OC)c4)c2c1)CCN(C/C=C/c1ccc(C)c(F)c1)C3. The molecule has 8 heteroatoms. The first kappa shape index (κ1) is 25.2. The fraction of sp³-hybridized carbons (Fsp3) is 0.233. The van der Waals surface area contributed by atoms with Crippen LogP contribution in [0.25, 0.3) is 21.8 Å². The molecule has 192 valence electrons. The van der Waals surface area contributed by atoms with E-state index in [0.29, 0.717) is 43.2 Å². The third kappa shape index (κ3) is 5.15. The number of aryl methyl sites for hydroxylation is 1. The molecule has 1 aliphatic rings. The Kier molecular flexibility index (Phi) is 7.20. The van der Waals surface area contributed by atoms with Gasteiger partial charge in [0.1, 0.15) is 5.82 Å². The molecule has 0 spiro atoms. The Hall–Kier alpha value is -4.48. The van der Waals surface area contributed by atoms with Gasteiger partial charge in [-0.1, -0.05) is 36.4 Å². The number of methoxy groups -OCH3 is 1. The third-order valence-electron chi connectivity index (χ3n) is 6.87. The van der Waals surface area contributed by atoms with E-state index in [-0.39, 0.29) is 11.8 Å². The smallest absolute Gasteiger partial charge is 0.326 e. The van der Waals surface area contributed by atoms with Crippen molar-refractivity contribution in [2.45, 2.75) is 26.4 Å². The Morgan fingerprint density at radius 1 is 1.24 bits per heavy atom. The standard InChI is InChI=1S/C30H28FN5O2/c1-20-6-7-21(15-26(20)31)5-4-13-35-14-11-27-25(19-35)24-9-8-23(32-2)17-28(24)36(27)30(37)34-18-22-10-12-33-29(16-22)38-3/h4-10,12,15-17H,11,13-14,18-19H2,1,3H3,(H,34,37)/b5-4+. The molecule has 0 fully saturated rings. The molecule has 38 heavy (non-hydrogen) atoms. The van der Waals surface area contributed by atoms with Crippen molar-refractivity contribution in [1.82, 2.24) is 19.8 Å². The molecule has 3 heterocycles. The lowest BCUT2D eigenvalue weighted by Gasteiger charge is -2.27. The number of aromatic nitrogens is 2. The predicted molar refractivity (Wildman–Crippen MR) is 146 cm³/mol. The van der Waals surface area contributed by atoms with E-state index in [4.69, 9.17) is 11.3 Å². The van der Waals surface area contributed by atoms with E-state index in [1.165, 1.54) is 0 Å². The predicted octanol–water partition coefficient (Wildman–Crippen LogP) is 5.87. The van der Waals surface area contributed by atoms with E-state index in [9.17, 15) is 9.18 Å². The van der Waals surface area contributed by atoms with Crippen LogP contribution in [0, 0.1) is 19.3 Å². The lowest BCUT2D eigenvalue weighted by atomic mass is 10.0. The number of hydrogen-bond acceptors (Lipinski definition) is 4. The van der Waals surface area contributed by atoms with Crippen LogP contribution in [0.4, 0.5) is 14.9 Å². The summed E-state index contributed by atoms with van der Waals surface area (Å²) in [5.41, 5.74) is 5.63. The first-order valence-corrected chi connectivity index (χ1v) is 12.4. The van der Waals surface area contributed by atoms with Crippen molar-refractivity contribution in [3.8, 4) is 5.88 Å². The molecule has 0 atom stereocenters. The van der Waals surface area contributed by atoms with E-state index >= 15 is 0 Å². The molecule has 0 saturated carbocycles. The summed E-state index contributed by atoms with van der Waals surface area (Å²) < 4.78 is 20.8. The molecule has 0 radical (unpaired) electrons. The summed E-state index contributed by atoms with van der Waals surface area (Å²) in [7, 11) is 1.55. The van der Waals surface area contributed by atoms with Crippen molar-refractivity contribution in [3.05, 3.63) is 106 Å². The fourth-order valence-electron chi connectivity index (χ4n) is 4.84. The van der Waals surface area contributed by atoms with Crippen LogP contribution in [0.1, 0.15) is 27.9 Å². The van der Waals surface area contributed by atoms with Crippen molar-refractivity contribution in [2.24, 2.45) is 0 Å². The van der Waals surface area contributed by atoms with Gasteiger partial charge in [0, 0.05) is 61.5 Å². The van der Waals surface area contributed by atoms with Gasteiger partial charge in [-0.15, -0.1) is 0 Å². The zero-order chi connectivity index (χ0) is 26.6. The highest BCUT2D eigenvalue weighted by atomic mass is 19.1. The summed E-state index contributed by atoms with van der Waals surface area (Å²) >= 11 is 0. The lowest BCUT2D eigenvalue weighted by Crippen LogP contribution is -2.34. The van der Waals surface area contributed by atoms with E-state index < -0.39 is 0 Å². The Bertz CT molecular complexity index is 1580. The van der Waals surface area contributed by atoms with E-state index in [0.717, 1.165) is 39.8 Å². The summed E-state index contributed by atoms with van der Waals surface area (Å²) in [6.07, 6.45) is 6.32. The number of ether oxygens (including phenoxy) is 1. The van der Waals surface area contributed by atoms with Gasteiger partial charge in [0.05, 0.1) is 13.7 Å². The van der Waals surface area contributed by atoms with Crippen LogP contribution in [-0.2, 0) is 19.5 Å². The molecule has 5 rings (SSSR count). The van der Waals surface area contributed by atoms with Gasteiger partial charge >= 0.3 is 6.03 Å². The van der Waals surface area contributed by atoms with Crippen molar-refractivity contribution in [3.63, 3.8) is 0 Å². The Morgan fingerprint density at radius 3 is 2.89 bits per heavy atom. The first-order chi connectivity index (χ1) is 18.5. The second kappa shape index (κ2) is 10.9. The van der Waals surface area contributed by atoms with E-state index in [1.54, 1.807) is 55.1 Å². The summed E-state index contributed by atoms with van der Waals surface area (Å²) in [6, 6.07) is 14.1. The van der Waals surface area contributed by atoms with Crippen molar-refractivity contribution in [1.29, 1.82) is 0 Å². The maximum absolute atomic E-state index is 13.9. The molecule has 1 aliphatic heterocycles. The van der Waals surface area contributed by atoms with Gasteiger partial charge in [-0.3, -0.25) is 9.47 Å². The molecule has 1 N–H and O–H groups in total. The van der Waals surface area contributed by atoms with Crippen molar-refractivity contribution >= 4 is 28.7 Å². The van der Waals surface area contributed by atoms with E-state index in [2.05, 4.69) is 20.0 Å². The number of carbonyl (C=O) groups excluding carboxylic acids is 1. The minimum atomic E-state index is -0.232. The van der Waals surface area contributed by atoms with E-state index in [1.807, 2.05) is 30.4 Å². The molecule has 0 aliphatic carbocycles. The number of amides is 1. The van der Waals surface area contributed by atoms with Crippen LogP contribution in [0.2, 0.25) is 0 Å². The van der Waals surface area contributed by atoms with Crippen LogP contribution < -0.4 is 10.1 Å². The molecule has 7 nitrogen and oxygen atoms in total. The maximum Gasteiger partial charge on any atom is 0.326 e. The zero-order valence-electron chi connectivity index (χ0n) is 21.4. The van der Waals surface area contributed by atoms with Crippen molar-refractivity contribution < 1.29 is 13.9 Å². The maximum atomic E-state index is 13.9. The number of nitrogens with one attached hydrogen (secondary N) is 1. The second-order valence-corrected chi connectivity index (χ2v) is 9.34. The molecular formula is C30H28FN5O2. The van der Waals surface area contributed by atoms with Crippen LogP contribution >= 0.6 is 0 Å². The quantitative estimate of drug-likeness (QED) is 0.330. The second-order valence-electron chi connectivity index (χ2n) is 9.34. The van der Waals surface area contributed by atoms with Gasteiger partial charge in [0.25, 0.3) is 0 Å². The van der Waals surface area contributed by atoms with Gasteiger partial charge in [-0.25, -0.2) is 19.0 Å². The number of benzene rings is 2. The number of fused-ring (bicyclic) bond motifs is 3. The van der Waals surface area contributed by atoms with Gasteiger partial charge in [0.2, 0.25) is 5.88 Å². The highest BCUT2D eigenvalue weighted by Gasteiger charge is 2.26. The van der Waals surface area contributed by atoms with Gasteiger partial charge in [-0.05, 0) is 47.4 Å². The first-order valence-electron chi connectivity index (χ1n) is 12.4. The minimum absolute atomic E-state index is 0.206. The summed E-state index contributed by atoms with van der Waals surface area (Å²) in [6.45, 7) is 11.7. The molecule has 4 aromatic rings. The monoisotopic (exact) mass is 509 g/mol. The zero-order valence-corrected chi connectivity index (χ0v) is 21.4. The number of pyridine rings is 1. The summed E-state index contributed by atoms with van der Waals surface area (Å²) in [5.74, 6) is 0.284. The molecule has 1 amide bonds.